The summed E-state index contributed by atoms with van der Waals surface area (Å²) < 4.78 is 39.4. The predicted octanol–water partition coefficient (Wildman–Crippen LogP) is 2.07. The number of ketones is 1. The maximum Gasteiger partial charge on any atom is 0.456 e. The quantitative estimate of drug-likeness (QED) is 0.796. The first-order valence-corrected chi connectivity index (χ1v) is 6.46. The molecule has 8 heteroatoms. The first-order chi connectivity index (χ1) is 9.97. The molecular formula is C13H9F3N4O. The summed E-state index contributed by atoms with van der Waals surface area (Å²) in [4.78, 5) is 19.5. The van der Waals surface area contributed by atoms with Gasteiger partial charge in [0.25, 0.3) is 5.78 Å². The van der Waals surface area contributed by atoms with E-state index in [1.54, 1.807) is 0 Å². The molecule has 2 heterocycles. The van der Waals surface area contributed by atoms with Crippen LogP contribution >= 0.6 is 0 Å². The highest BCUT2D eigenvalue weighted by molar-refractivity contribution is 6.00. The van der Waals surface area contributed by atoms with Gasteiger partial charge in [-0.05, 0) is 18.8 Å². The molecule has 0 amide bonds. The molecule has 0 saturated heterocycles. The molecular weight excluding hydrogens is 285 g/mol. The van der Waals surface area contributed by atoms with Crippen molar-refractivity contribution in [2.45, 2.75) is 24.9 Å². The molecule has 1 saturated carbocycles. The van der Waals surface area contributed by atoms with Crippen LogP contribution in [0.4, 0.5) is 13.2 Å². The van der Waals surface area contributed by atoms with Gasteiger partial charge in [0.15, 0.2) is 5.82 Å². The number of rotatable bonds is 2. The van der Waals surface area contributed by atoms with E-state index in [4.69, 9.17) is 0 Å². The average molecular weight is 294 g/mol. The number of nitrogens with zero attached hydrogens (tertiary/aromatic N) is 4. The summed E-state index contributed by atoms with van der Waals surface area (Å²) in [5.41, 5.74) is 0.618. The number of halogens is 3. The SMILES string of the molecule is O=C(c1nn(-c2cnccn2)c2c1C[C@@H]1C[C@H]21)C(F)(F)F. The van der Waals surface area contributed by atoms with Crippen molar-refractivity contribution in [2.24, 2.45) is 5.92 Å². The first kappa shape index (κ1) is 12.5. The fourth-order valence-corrected chi connectivity index (χ4v) is 3.01. The first-order valence-electron chi connectivity index (χ1n) is 6.46. The van der Waals surface area contributed by atoms with Crippen LogP contribution in [0.3, 0.4) is 0 Å². The standard InChI is InChI=1S/C13H9F3N4O/c14-13(15,16)12(21)10-8-4-6-3-7(6)11(8)20(19-10)9-5-17-1-2-18-9/h1-2,5-7H,3-4H2/t6-,7-/m0/s1. The Morgan fingerprint density at radius 3 is 2.81 bits per heavy atom. The zero-order valence-corrected chi connectivity index (χ0v) is 10.6. The Labute approximate surface area is 116 Å². The second-order valence-electron chi connectivity index (χ2n) is 5.32. The number of Topliss-reactive ketones (excluding diaryl/α,β-unsaturated/α-hetero) is 1. The zero-order valence-electron chi connectivity index (χ0n) is 10.6. The Hall–Kier alpha value is -2.25. The van der Waals surface area contributed by atoms with Crippen molar-refractivity contribution in [1.29, 1.82) is 0 Å². The van der Waals surface area contributed by atoms with E-state index >= 15 is 0 Å². The van der Waals surface area contributed by atoms with Crippen LogP contribution in [0.25, 0.3) is 5.82 Å². The van der Waals surface area contributed by atoms with Crippen molar-refractivity contribution in [1.82, 2.24) is 19.7 Å². The largest absolute Gasteiger partial charge is 0.456 e. The van der Waals surface area contributed by atoms with E-state index in [9.17, 15) is 18.0 Å². The van der Waals surface area contributed by atoms with E-state index in [0.717, 1.165) is 6.42 Å². The van der Waals surface area contributed by atoms with Gasteiger partial charge in [0.1, 0.15) is 5.69 Å². The number of aromatic nitrogens is 4. The number of hydrogen-bond donors (Lipinski definition) is 0. The molecule has 0 unspecified atom stereocenters. The number of carbonyl (C=O) groups is 1. The summed E-state index contributed by atoms with van der Waals surface area (Å²) in [7, 11) is 0. The van der Waals surface area contributed by atoms with Gasteiger partial charge in [-0.1, -0.05) is 0 Å². The summed E-state index contributed by atoms with van der Waals surface area (Å²) >= 11 is 0. The molecule has 108 valence electrons. The molecule has 2 aromatic rings. The van der Waals surface area contributed by atoms with Gasteiger partial charge in [-0.2, -0.15) is 18.3 Å². The van der Waals surface area contributed by atoms with Crippen LogP contribution in [-0.2, 0) is 6.42 Å². The Bertz CT molecular complexity index is 738. The van der Waals surface area contributed by atoms with Crippen molar-refractivity contribution in [3.8, 4) is 5.82 Å². The van der Waals surface area contributed by atoms with Crippen LogP contribution in [0.2, 0.25) is 0 Å². The lowest BCUT2D eigenvalue weighted by molar-refractivity contribution is -0.0889. The zero-order chi connectivity index (χ0) is 14.8. The molecule has 0 aliphatic heterocycles. The molecule has 5 nitrogen and oxygen atoms in total. The molecule has 2 aliphatic rings. The van der Waals surface area contributed by atoms with E-state index in [1.165, 1.54) is 23.3 Å². The van der Waals surface area contributed by atoms with Gasteiger partial charge in [0.05, 0.1) is 11.9 Å². The molecule has 0 spiro atoms. The third kappa shape index (κ3) is 1.78. The molecule has 0 bridgehead atoms. The highest BCUT2D eigenvalue weighted by atomic mass is 19.4. The van der Waals surface area contributed by atoms with Crippen LogP contribution in [0, 0.1) is 5.92 Å². The summed E-state index contributed by atoms with van der Waals surface area (Å²) in [6.45, 7) is 0. The number of fused-ring (bicyclic) bond motifs is 3. The van der Waals surface area contributed by atoms with E-state index in [1.807, 2.05) is 0 Å². The van der Waals surface area contributed by atoms with Crippen LogP contribution < -0.4 is 0 Å². The van der Waals surface area contributed by atoms with Crippen molar-refractivity contribution in [2.75, 3.05) is 0 Å². The van der Waals surface area contributed by atoms with E-state index in [2.05, 4.69) is 15.1 Å². The average Bonchev–Trinajstić information content (AvgIpc) is 2.96. The maximum atomic E-state index is 12.7. The lowest BCUT2D eigenvalue weighted by atomic mass is 10.1. The van der Waals surface area contributed by atoms with E-state index in [-0.39, 0.29) is 5.92 Å². The topological polar surface area (TPSA) is 60.7 Å². The molecule has 21 heavy (non-hydrogen) atoms. The summed E-state index contributed by atoms with van der Waals surface area (Å²) in [5, 5.41) is 3.89. The van der Waals surface area contributed by atoms with Crippen LogP contribution in [-0.4, -0.2) is 31.7 Å². The minimum Gasteiger partial charge on any atom is -0.282 e. The van der Waals surface area contributed by atoms with Gasteiger partial charge < -0.3 is 0 Å². The van der Waals surface area contributed by atoms with Gasteiger partial charge in [0.2, 0.25) is 0 Å². The Kier molecular flexibility index (Phi) is 2.32. The van der Waals surface area contributed by atoms with E-state index < -0.39 is 17.7 Å². The Morgan fingerprint density at radius 2 is 2.14 bits per heavy atom. The fourth-order valence-electron chi connectivity index (χ4n) is 3.01. The van der Waals surface area contributed by atoms with Gasteiger partial charge in [0, 0.05) is 23.9 Å². The molecule has 2 aromatic heterocycles. The molecule has 2 aliphatic carbocycles. The third-order valence-electron chi connectivity index (χ3n) is 4.00. The maximum absolute atomic E-state index is 12.7. The van der Waals surface area contributed by atoms with Crippen molar-refractivity contribution in [3.05, 3.63) is 35.5 Å². The summed E-state index contributed by atoms with van der Waals surface area (Å²) in [6, 6.07) is 0. The highest BCUT2D eigenvalue weighted by Gasteiger charge is 2.52. The van der Waals surface area contributed by atoms with Gasteiger partial charge in [-0.3, -0.25) is 9.78 Å². The molecule has 0 radical (unpaired) electrons. The molecule has 1 fully saturated rings. The lowest BCUT2D eigenvalue weighted by Gasteiger charge is -2.04. The van der Waals surface area contributed by atoms with Crippen LogP contribution in [0.1, 0.15) is 34.1 Å². The Morgan fingerprint density at radius 1 is 1.33 bits per heavy atom. The number of alkyl halides is 3. The number of carbonyl (C=O) groups excluding carboxylic acids is 1. The van der Waals surface area contributed by atoms with Gasteiger partial charge >= 0.3 is 6.18 Å². The van der Waals surface area contributed by atoms with Crippen molar-refractivity contribution < 1.29 is 18.0 Å². The second kappa shape index (κ2) is 3.90. The fraction of sp³-hybridized carbons (Fsp3) is 0.385. The van der Waals surface area contributed by atoms with Crippen molar-refractivity contribution >= 4 is 5.78 Å². The second-order valence-corrected chi connectivity index (χ2v) is 5.32. The highest BCUT2D eigenvalue weighted by Crippen LogP contribution is 2.57. The van der Waals surface area contributed by atoms with Crippen LogP contribution in [0.15, 0.2) is 18.6 Å². The third-order valence-corrected chi connectivity index (χ3v) is 4.00. The minimum atomic E-state index is -4.91. The normalized spacial score (nSPS) is 22.8. The van der Waals surface area contributed by atoms with E-state index in [0.29, 0.717) is 29.4 Å². The van der Waals surface area contributed by atoms with Crippen molar-refractivity contribution in [3.63, 3.8) is 0 Å². The van der Waals surface area contributed by atoms with Gasteiger partial charge in [-0.15, -0.1) is 0 Å². The molecule has 0 N–H and O–H groups in total. The Balaban J connectivity index is 1.88. The molecule has 2 atom stereocenters. The summed E-state index contributed by atoms with van der Waals surface area (Å²) in [6.07, 6.45) is 0.825. The van der Waals surface area contributed by atoms with Crippen LogP contribution in [0.5, 0.6) is 0 Å². The predicted molar refractivity (Wildman–Crippen MR) is 64.1 cm³/mol. The monoisotopic (exact) mass is 294 g/mol. The smallest absolute Gasteiger partial charge is 0.282 e. The minimum absolute atomic E-state index is 0.185. The molecule has 4 rings (SSSR count). The number of hydrogen-bond acceptors (Lipinski definition) is 4. The molecule has 0 aromatic carbocycles. The van der Waals surface area contributed by atoms with Gasteiger partial charge in [-0.25, -0.2) is 9.67 Å². The summed E-state index contributed by atoms with van der Waals surface area (Å²) in [5.74, 6) is -1.03. The lowest BCUT2D eigenvalue weighted by Crippen LogP contribution is -2.24.